The summed E-state index contributed by atoms with van der Waals surface area (Å²) in [6.07, 6.45) is 1.01. The SMILES string of the molecule is CC(C(=O)NNC(N)=O)c1cc(F)c(CN2[C@@H](C)CC[C@H](c3ccccc3)S2(=O)=O)cc1F. The average molecular weight is 481 g/mol. The summed E-state index contributed by atoms with van der Waals surface area (Å²) in [5.74, 6) is -3.63. The van der Waals surface area contributed by atoms with Crippen LogP contribution >= 0.6 is 0 Å². The zero-order valence-corrected chi connectivity index (χ0v) is 19.0. The number of carbonyl (C=O) groups excluding carboxylic acids is 2. The fraction of sp³-hybridized carbons (Fsp3) is 0.364. The molecule has 1 unspecified atom stereocenters. The molecule has 0 aromatic heterocycles. The number of amides is 3. The number of urea groups is 1. The van der Waals surface area contributed by atoms with Gasteiger partial charge in [-0.15, -0.1) is 0 Å². The molecule has 3 rings (SSSR count). The zero-order chi connectivity index (χ0) is 24.3. The van der Waals surface area contributed by atoms with Crippen LogP contribution in [0.2, 0.25) is 0 Å². The molecule has 8 nitrogen and oxygen atoms in total. The van der Waals surface area contributed by atoms with Crippen molar-refractivity contribution in [3.63, 3.8) is 0 Å². The first-order valence-electron chi connectivity index (χ1n) is 10.4. The number of nitrogens with one attached hydrogen (secondary N) is 2. The Kier molecular flexibility index (Phi) is 7.33. The predicted octanol–water partition coefficient (Wildman–Crippen LogP) is 2.82. The molecule has 1 aliphatic rings. The Labute approximate surface area is 191 Å². The highest BCUT2D eigenvalue weighted by Crippen LogP contribution is 2.38. The average Bonchev–Trinajstić information content (AvgIpc) is 2.76. The summed E-state index contributed by atoms with van der Waals surface area (Å²) < 4.78 is 57.6. The van der Waals surface area contributed by atoms with Crippen LogP contribution in [0.3, 0.4) is 0 Å². The summed E-state index contributed by atoms with van der Waals surface area (Å²) in [5, 5.41) is -0.761. The molecule has 1 saturated heterocycles. The highest BCUT2D eigenvalue weighted by molar-refractivity contribution is 7.89. The van der Waals surface area contributed by atoms with Gasteiger partial charge < -0.3 is 5.73 Å². The number of hydrogen-bond donors (Lipinski definition) is 3. The van der Waals surface area contributed by atoms with Crippen molar-refractivity contribution in [1.29, 1.82) is 0 Å². The van der Waals surface area contributed by atoms with E-state index in [0.717, 1.165) is 12.1 Å². The molecule has 0 saturated carbocycles. The summed E-state index contributed by atoms with van der Waals surface area (Å²) in [6, 6.07) is 9.18. The topological polar surface area (TPSA) is 122 Å². The minimum absolute atomic E-state index is 0.136. The van der Waals surface area contributed by atoms with E-state index >= 15 is 0 Å². The van der Waals surface area contributed by atoms with Gasteiger partial charge in [-0.2, -0.15) is 4.31 Å². The van der Waals surface area contributed by atoms with E-state index in [2.05, 4.69) is 0 Å². The molecule has 1 aliphatic heterocycles. The Hall–Kier alpha value is -3.05. The van der Waals surface area contributed by atoms with Crippen LogP contribution in [0.4, 0.5) is 13.6 Å². The van der Waals surface area contributed by atoms with Crippen molar-refractivity contribution in [1.82, 2.24) is 15.2 Å². The maximum atomic E-state index is 14.9. The van der Waals surface area contributed by atoms with Crippen LogP contribution in [-0.4, -0.2) is 30.7 Å². The van der Waals surface area contributed by atoms with Crippen molar-refractivity contribution >= 4 is 22.0 Å². The maximum Gasteiger partial charge on any atom is 0.330 e. The molecule has 3 amide bonds. The molecule has 11 heteroatoms. The molecule has 1 heterocycles. The van der Waals surface area contributed by atoms with Gasteiger partial charge in [0.1, 0.15) is 16.9 Å². The number of carbonyl (C=O) groups is 2. The van der Waals surface area contributed by atoms with Gasteiger partial charge in [-0.25, -0.2) is 27.4 Å². The minimum Gasteiger partial charge on any atom is -0.350 e. The third-order valence-electron chi connectivity index (χ3n) is 5.86. The molecular formula is C22H26F2N4O4S. The van der Waals surface area contributed by atoms with Gasteiger partial charge in [0.05, 0.1) is 5.92 Å². The summed E-state index contributed by atoms with van der Waals surface area (Å²) in [5.41, 5.74) is 9.03. The van der Waals surface area contributed by atoms with Crippen molar-refractivity contribution in [3.8, 4) is 0 Å². The quantitative estimate of drug-likeness (QED) is 0.570. The summed E-state index contributed by atoms with van der Waals surface area (Å²) in [6.45, 7) is 2.73. The highest BCUT2D eigenvalue weighted by Gasteiger charge is 2.40. The van der Waals surface area contributed by atoms with Crippen LogP contribution in [0.15, 0.2) is 42.5 Å². The molecule has 3 atom stereocenters. The van der Waals surface area contributed by atoms with Crippen molar-refractivity contribution in [2.24, 2.45) is 5.73 Å². The Morgan fingerprint density at radius 2 is 1.79 bits per heavy atom. The van der Waals surface area contributed by atoms with Gasteiger partial charge >= 0.3 is 6.03 Å². The van der Waals surface area contributed by atoms with Gasteiger partial charge in [-0.05, 0) is 44.4 Å². The van der Waals surface area contributed by atoms with Crippen LogP contribution in [-0.2, 0) is 21.4 Å². The zero-order valence-electron chi connectivity index (χ0n) is 18.2. The second kappa shape index (κ2) is 9.84. The van der Waals surface area contributed by atoms with E-state index < -0.39 is 44.8 Å². The van der Waals surface area contributed by atoms with E-state index in [1.807, 2.05) is 10.9 Å². The van der Waals surface area contributed by atoms with E-state index in [4.69, 9.17) is 5.73 Å². The van der Waals surface area contributed by atoms with Crippen LogP contribution in [0.1, 0.15) is 54.5 Å². The smallest absolute Gasteiger partial charge is 0.330 e. The Morgan fingerprint density at radius 3 is 2.42 bits per heavy atom. The molecule has 178 valence electrons. The van der Waals surface area contributed by atoms with E-state index in [1.165, 1.54) is 11.2 Å². The highest BCUT2D eigenvalue weighted by atomic mass is 32.2. The van der Waals surface area contributed by atoms with Crippen molar-refractivity contribution < 1.29 is 26.8 Å². The number of nitrogens with two attached hydrogens (primary N) is 1. The first-order valence-corrected chi connectivity index (χ1v) is 11.9. The predicted molar refractivity (Wildman–Crippen MR) is 118 cm³/mol. The van der Waals surface area contributed by atoms with Gasteiger partial charge in [0, 0.05) is 23.7 Å². The Balaban J connectivity index is 1.86. The fourth-order valence-electron chi connectivity index (χ4n) is 3.95. The number of benzene rings is 2. The molecule has 0 spiro atoms. The number of sulfonamides is 1. The molecular weight excluding hydrogens is 454 g/mol. The van der Waals surface area contributed by atoms with Gasteiger partial charge in [0.25, 0.3) is 0 Å². The number of hydrazine groups is 1. The normalized spacial score (nSPS) is 21.2. The largest absolute Gasteiger partial charge is 0.350 e. The number of rotatable bonds is 5. The number of halogens is 2. The van der Waals surface area contributed by atoms with Crippen molar-refractivity contribution in [2.75, 3.05) is 0 Å². The first kappa shape index (κ1) is 24.6. The van der Waals surface area contributed by atoms with E-state index in [-0.39, 0.29) is 23.7 Å². The minimum atomic E-state index is -3.82. The summed E-state index contributed by atoms with van der Waals surface area (Å²) >= 11 is 0. The monoisotopic (exact) mass is 480 g/mol. The summed E-state index contributed by atoms with van der Waals surface area (Å²) in [7, 11) is -3.82. The summed E-state index contributed by atoms with van der Waals surface area (Å²) in [4.78, 5) is 22.8. The van der Waals surface area contributed by atoms with Crippen LogP contribution in [0.25, 0.3) is 0 Å². The molecule has 33 heavy (non-hydrogen) atoms. The lowest BCUT2D eigenvalue weighted by molar-refractivity contribution is -0.122. The molecule has 1 fully saturated rings. The van der Waals surface area contributed by atoms with Gasteiger partial charge in [0.2, 0.25) is 15.9 Å². The molecule has 2 aromatic carbocycles. The number of nitrogens with zero attached hydrogens (tertiary/aromatic N) is 1. The van der Waals surface area contributed by atoms with Crippen LogP contribution < -0.4 is 16.6 Å². The van der Waals surface area contributed by atoms with E-state index in [0.29, 0.717) is 18.4 Å². The van der Waals surface area contributed by atoms with Gasteiger partial charge in [-0.1, -0.05) is 30.3 Å². The van der Waals surface area contributed by atoms with Crippen LogP contribution in [0.5, 0.6) is 0 Å². The third kappa shape index (κ3) is 5.31. The molecule has 0 aliphatic carbocycles. The Bertz CT molecular complexity index is 1140. The fourth-order valence-corrected chi connectivity index (χ4v) is 6.14. The second-order valence-corrected chi connectivity index (χ2v) is 10.1. The molecule has 0 radical (unpaired) electrons. The van der Waals surface area contributed by atoms with E-state index in [9.17, 15) is 26.8 Å². The lowest BCUT2D eigenvalue weighted by Crippen LogP contribution is -2.46. The van der Waals surface area contributed by atoms with Gasteiger partial charge in [0.15, 0.2) is 0 Å². The third-order valence-corrected chi connectivity index (χ3v) is 8.23. The second-order valence-electron chi connectivity index (χ2n) is 8.08. The lowest BCUT2D eigenvalue weighted by atomic mass is 9.97. The van der Waals surface area contributed by atoms with Crippen LogP contribution in [0, 0.1) is 11.6 Å². The first-order chi connectivity index (χ1) is 15.5. The molecule has 4 N–H and O–H groups in total. The maximum absolute atomic E-state index is 14.9. The van der Waals surface area contributed by atoms with Crippen molar-refractivity contribution in [3.05, 3.63) is 70.8 Å². The molecule has 0 bridgehead atoms. The number of hydrogen-bond acceptors (Lipinski definition) is 4. The Morgan fingerprint density at radius 1 is 1.12 bits per heavy atom. The lowest BCUT2D eigenvalue weighted by Gasteiger charge is -2.37. The number of primary amides is 1. The van der Waals surface area contributed by atoms with E-state index in [1.54, 1.807) is 37.3 Å². The molecule has 2 aromatic rings. The van der Waals surface area contributed by atoms with Gasteiger partial charge in [-0.3, -0.25) is 10.2 Å². The standard InChI is InChI=1S/C22H26F2N4O4S/c1-13-8-9-20(15-6-4-3-5-7-15)33(31,32)28(13)12-16-10-19(24)17(11-18(16)23)14(2)21(29)26-27-22(25)30/h3-7,10-11,13-14,20H,8-9,12H2,1-2H3,(H,26,29)(H3,25,27,30)/t13-,14?,20+/m0/s1. The van der Waals surface area contributed by atoms with Crippen molar-refractivity contribution in [2.45, 2.75) is 50.4 Å².